The van der Waals surface area contributed by atoms with Crippen molar-refractivity contribution in [2.24, 2.45) is 4.99 Å². The highest BCUT2D eigenvalue weighted by Crippen LogP contribution is 2.27. The first-order chi connectivity index (χ1) is 11.4. The second-order valence-corrected chi connectivity index (χ2v) is 5.95. The number of nitro benzene ring substituents is 1. The van der Waals surface area contributed by atoms with Crippen molar-refractivity contribution < 1.29 is 4.92 Å². The van der Waals surface area contributed by atoms with E-state index < -0.39 is 0 Å². The largest absolute Gasteiger partial charge is 0.366 e. The van der Waals surface area contributed by atoms with Crippen molar-refractivity contribution in [3.8, 4) is 0 Å². The third-order valence-corrected chi connectivity index (χ3v) is 4.12. The van der Waals surface area contributed by atoms with Gasteiger partial charge in [0.2, 0.25) is 0 Å². The molecule has 5 nitrogen and oxygen atoms in total. The Morgan fingerprint density at radius 3 is 2.54 bits per heavy atom. The first-order valence-corrected chi connectivity index (χ1v) is 7.99. The average Bonchev–Trinajstić information content (AvgIpc) is 2.56. The molecule has 0 saturated carbocycles. The Hall–Kier alpha value is -2.69. The lowest BCUT2D eigenvalue weighted by molar-refractivity contribution is -0.385. The van der Waals surface area contributed by atoms with Gasteiger partial charge in [0.05, 0.1) is 16.9 Å². The molecule has 0 aliphatic rings. The number of benzene rings is 2. The average molecular weight is 325 g/mol. The Morgan fingerprint density at radius 1 is 1.17 bits per heavy atom. The van der Waals surface area contributed by atoms with E-state index in [1.165, 1.54) is 0 Å². The normalized spacial score (nSPS) is 11.0. The Bertz CT molecular complexity index is 769. The first kappa shape index (κ1) is 17.7. The van der Waals surface area contributed by atoms with Crippen LogP contribution in [0.1, 0.15) is 29.2 Å². The lowest BCUT2D eigenvalue weighted by atomic mass is 9.97. The minimum absolute atomic E-state index is 0.168. The van der Waals surface area contributed by atoms with Crippen molar-refractivity contribution in [1.82, 2.24) is 4.90 Å². The standard InChI is InChI=1S/C19H23N3O2/c1-5-21(4)13-20-18-11-14(2)17(10-15(18)3)12-16-8-6-7-9-19(16)22(23)24/h6-11,13H,5,12H2,1-4H3. The number of nitrogens with zero attached hydrogens (tertiary/aromatic N) is 3. The smallest absolute Gasteiger partial charge is 0.272 e. The quantitative estimate of drug-likeness (QED) is 0.342. The molecule has 0 unspecified atom stereocenters. The van der Waals surface area contributed by atoms with Crippen molar-refractivity contribution in [3.05, 3.63) is 68.8 Å². The molecule has 0 N–H and O–H groups in total. The fourth-order valence-electron chi connectivity index (χ4n) is 2.48. The Kier molecular flexibility index (Phi) is 5.68. The lowest BCUT2D eigenvalue weighted by Gasteiger charge is -2.12. The maximum absolute atomic E-state index is 11.2. The molecule has 0 spiro atoms. The molecule has 0 amide bonds. The van der Waals surface area contributed by atoms with Crippen LogP contribution in [0.2, 0.25) is 0 Å². The van der Waals surface area contributed by atoms with Crippen LogP contribution in [0, 0.1) is 24.0 Å². The summed E-state index contributed by atoms with van der Waals surface area (Å²) in [7, 11) is 1.98. The number of aliphatic imine (C=N–C) groups is 1. The summed E-state index contributed by atoms with van der Waals surface area (Å²) in [6.45, 7) is 7.00. The molecule has 0 aliphatic carbocycles. The molecule has 0 fully saturated rings. The topological polar surface area (TPSA) is 58.7 Å². The number of nitro groups is 1. The van der Waals surface area contributed by atoms with Gasteiger partial charge in [-0.1, -0.05) is 24.3 Å². The van der Waals surface area contributed by atoms with Gasteiger partial charge in [-0.25, -0.2) is 4.99 Å². The van der Waals surface area contributed by atoms with Gasteiger partial charge in [-0.15, -0.1) is 0 Å². The Morgan fingerprint density at radius 2 is 1.88 bits per heavy atom. The summed E-state index contributed by atoms with van der Waals surface area (Å²) in [5.41, 5.74) is 5.07. The maximum Gasteiger partial charge on any atom is 0.272 e. The molecule has 2 aromatic rings. The van der Waals surface area contributed by atoms with E-state index in [4.69, 9.17) is 0 Å². The molecular formula is C19H23N3O2. The molecule has 0 bridgehead atoms. The predicted octanol–water partition coefficient (Wildman–Crippen LogP) is 4.41. The molecule has 0 aliphatic heterocycles. The molecular weight excluding hydrogens is 302 g/mol. The molecule has 0 aromatic heterocycles. The Labute approximate surface area is 142 Å². The van der Waals surface area contributed by atoms with E-state index in [2.05, 4.69) is 18.0 Å². The zero-order chi connectivity index (χ0) is 17.7. The minimum atomic E-state index is -0.323. The van der Waals surface area contributed by atoms with Gasteiger partial charge in [-0.05, 0) is 43.5 Å². The number of rotatable bonds is 6. The zero-order valence-electron chi connectivity index (χ0n) is 14.6. The van der Waals surface area contributed by atoms with Gasteiger partial charge in [-0.2, -0.15) is 0 Å². The molecule has 2 aromatic carbocycles. The van der Waals surface area contributed by atoms with Gasteiger partial charge in [0.1, 0.15) is 0 Å². The highest BCUT2D eigenvalue weighted by Gasteiger charge is 2.14. The third kappa shape index (κ3) is 4.19. The van der Waals surface area contributed by atoms with Gasteiger partial charge in [0.25, 0.3) is 5.69 Å². The van der Waals surface area contributed by atoms with Gasteiger partial charge in [-0.3, -0.25) is 10.1 Å². The van der Waals surface area contributed by atoms with Crippen LogP contribution in [0.3, 0.4) is 0 Å². The summed E-state index contributed by atoms with van der Waals surface area (Å²) < 4.78 is 0. The number of hydrogen-bond donors (Lipinski definition) is 0. The van der Waals surface area contributed by atoms with Gasteiger partial charge in [0.15, 0.2) is 0 Å². The molecule has 126 valence electrons. The highest BCUT2D eigenvalue weighted by molar-refractivity contribution is 5.64. The van der Waals surface area contributed by atoms with E-state index in [1.807, 2.05) is 50.3 Å². The molecule has 24 heavy (non-hydrogen) atoms. The molecule has 0 heterocycles. The van der Waals surface area contributed by atoms with Crippen LogP contribution in [0.4, 0.5) is 11.4 Å². The van der Waals surface area contributed by atoms with E-state index in [-0.39, 0.29) is 10.6 Å². The number of hydrogen-bond acceptors (Lipinski definition) is 3. The van der Waals surface area contributed by atoms with Crippen LogP contribution < -0.4 is 0 Å². The van der Waals surface area contributed by atoms with E-state index in [0.29, 0.717) is 6.42 Å². The van der Waals surface area contributed by atoms with Crippen LogP contribution >= 0.6 is 0 Å². The fraction of sp³-hybridized carbons (Fsp3) is 0.316. The molecule has 5 heteroatoms. The minimum Gasteiger partial charge on any atom is -0.366 e. The van der Waals surface area contributed by atoms with E-state index in [1.54, 1.807) is 12.1 Å². The van der Waals surface area contributed by atoms with Crippen molar-refractivity contribution in [2.75, 3.05) is 13.6 Å². The van der Waals surface area contributed by atoms with Crippen molar-refractivity contribution in [3.63, 3.8) is 0 Å². The fourth-order valence-corrected chi connectivity index (χ4v) is 2.48. The lowest BCUT2D eigenvalue weighted by Crippen LogP contribution is -2.14. The molecule has 0 atom stereocenters. The van der Waals surface area contributed by atoms with E-state index in [0.717, 1.165) is 34.5 Å². The second-order valence-electron chi connectivity index (χ2n) is 5.95. The summed E-state index contributed by atoms with van der Waals surface area (Å²) >= 11 is 0. The predicted molar refractivity (Wildman–Crippen MR) is 98.3 cm³/mol. The summed E-state index contributed by atoms with van der Waals surface area (Å²) in [6.07, 6.45) is 2.37. The van der Waals surface area contributed by atoms with Crippen molar-refractivity contribution >= 4 is 17.7 Å². The highest BCUT2D eigenvalue weighted by atomic mass is 16.6. The Balaban J connectivity index is 2.32. The van der Waals surface area contributed by atoms with Crippen LogP contribution in [-0.2, 0) is 6.42 Å². The SMILES string of the molecule is CCN(C)C=Nc1cc(C)c(Cc2ccccc2[N+](=O)[O-])cc1C. The third-order valence-electron chi connectivity index (χ3n) is 4.12. The maximum atomic E-state index is 11.2. The molecule has 2 rings (SSSR count). The number of para-hydroxylation sites is 1. The van der Waals surface area contributed by atoms with Crippen LogP contribution in [-0.4, -0.2) is 29.8 Å². The van der Waals surface area contributed by atoms with Crippen LogP contribution in [0.5, 0.6) is 0 Å². The van der Waals surface area contributed by atoms with Crippen LogP contribution in [0.25, 0.3) is 0 Å². The summed E-state index contributed by atoms with van der Waals surface area (Å²) in [6, 6.07) is 11.0. The van der Waals surface area contributed by atoms with Gasteiger partial charge < -0.3 is 4.90 Å². The van der Waals surface area contributed by atoms with E-state index in [9.17, 15) is 10.1 Å². The first-order valence-electron chi connectivity index (χ1n) is 7.99. The monoisotopic (exact) mass is 325 g/mol. The summed E-state index contributed by atoms with van der Waals surface area (Å²) in [5, 5.41) is 11.2. The van der Waals surface area contributed by atoms with Gasteiger partial charge >= 0.3 is 0 Å². The number of aryl methyl sites for hydroxylation is 2. The summed E-state index contributed by atoms with van der Waals surface area (Å²) in [5.74, 6) is 0. The van der Waals surface area contributed by atoms with Gasteiger partial charge in [0, 0.05) is 31.6 Å². The van der Waals surface area contributed by atoms with Crippen LogP contribution in [0.15, 0.2) is 41.4 Å². The molecule has 0 saturated heterocycles. The zero-order valence-corrected chi connectivity index (χ0v) is 14.6. The molecule has 0 radical (unpaired) electrons. The van der Waals surface area contributed by atoms with Crippen molar-refractivity contribution in [2.45, 2.75) is 27.2 Å². The second kappa shape index (κ2) is 7.73. The van der Waals surface area contributed by atoms with Crippen molar-refractivity contribution in [1.29, 1.82) is 0 Å². The van der Waals surface area contributed by atoms with E-state index >= 15 is 0 Å². The summed E-state index contributed by atoms with van der Waals surface area (Å²) in [4.78, 5) is 17.4.